The fourth-order valence-electron chi connectivity index (χ4n) is 3.44. The van der Waals surface area contributed by atoms with Crippen LogP contribution in [0.1, 0.15) is 43.0 Å². The van der Waals surface area contributed by atoms with Crippen LogP contribution in [0, 0.1) is 0 Å². The summed E-state index contributed by atoms with van der Waals surface area (Å²) in [4.78, 5) is 21.1. The minimum absolute atomic E-state index is 0.106. The van der Waals surface area contributed by atoms with Gasteiger partial charge in [-0.05, 0) is 51.4 Å². The fourth-order valence-corrected chi connectivity index (χ4v) is 3.44. The molecule has 20 heavy (non-hydrogen) atoms. The largest absolute Gasteiger partial charge is 0.354 e. The van der Waals surface area contributed by atoms with Crippen LogP contribution in [-0.4, -0.2) is 47.9 Å². The Bertz CT molecular complexity index is 482. The first kappa shape index (κ1) is 13.6. The third-order valence-corrected chi connectivity index (χ3v) is 4.54. The molecule has 4 nitrogen and oxygen atoms in total. The Labute approximate surface area is 120 Å². The molecule has 108 valence electrons. The van der Waals surface area contributed by atoms with Gasteiger partial charge in [-0.15, -0.1) is 0 Å². The van der Waals surface area contributed by atoms with Crippen molar-refractivity contribution in [2.45, 2.75) is 38.6 Å². The van der Waals surface area contributed by atoms with Gasteiger partial charge in [0, 0.05) is 25.3 Å². The summed E-state index contributed by atoms with van der Waals surface area (Å²) in [7, 11) is 0. The molecular weight excluding hydrogens is 250 g/mol. The zero-order chi connectivity index (χ0) is 13.9. The Kier molecular flexibility index (Phi) is 4.01. The number of hydrogen-bond acceptors (Lipinski definition) is 4. The number of hydrogen-bond donors (Lipinski definition) is 0. The summed E-state index contributed by atoms with van der Waals surface area (Å²) in [5.74, 6) is 0.981. The molecule has 1 unspecified atom stereocenters. The summed E-state index contributed by atoms with van der Waals surface area (Å²) in [6, 6.07) is 4.37. The lowest BCUT2D eigenvalue weighted by atomic mass is 10.1. The van der Waals surface area contributed by atoms with Gasteiger partial charge in [-0.2, -0.15) is 0 Å². The summed E-state index contributed by atoms with van der Waals surface area (Å²) in [5.41, 5.74) is 0.756. The zero-order valence-corrected chi connectivity index (χ0v) is 12.2. The van der Waals surface area contributed by atoms with Gasteiger partial charge in [0.25, 0.3) is 0 Å². The Morgan fingerprint density at radius 1 is 1.25 bits per heavy atom. The predicted octanol–water partition coefficient (Wildman–Crippen LogP) is 2.35. The maximum atomic E-state index is 11.7. The summed E-state index contributed by atoms with van der Waals surface area (Å²) in [6.07, 6.45) is 7.02. The van der Waals surface area contributed by atoms with E-state index in [1.165, 1.54) is 38.8 Å². The summed E-state index contributed by atoms with van der Waals surface area (Å²) in [5, 5.41) is 0. The quantitative estimate of drug-likeness (QED) is 0.792. The molecule has 0 bridgehead atoms. The van der Waals surface area contributed by atoms with E-state index in [4.69, 9.17) is 0 Å². The highest BCUT2D eigenvalue weighted by molar-refractivity contribution is 5.98. The molecule has 1 aromatic rings. The second-order valence-electron chi connectivity index (χ2n) is 5.92. The number of pyridine rings is 1. The molecular formula is C16H23N3O. The van der Waals surface area contributed by atoms with E-state index in [1.807, 2.05) is 12.1 Å². The van der Waals surface area contributed by atoms with Crippen LogP contribution < -0.4 is 4.90 Å². The number of nitrogens with zero attached hydrogens (tertiary/aromatic N) is 3. The average Bonchev–Trinajstić information content (AvgIpc) is 2.98. The van der Waals surface area contributed by atoms with Crippen molar-refractivity contribution in [2.24, 2.45) is 0 Å². The van der Waals surface area contributed by atoms with Crippen molar-refractivity contribution >= 4 is 11.6 Å². The summed E-state index contributed by atoms with van der Waals surface area (Å²) >= 11 is 0. The second-order valence-corrected chi connectivity index (χ2v) is 5.92. The minimum Gasteiger partial charge on any atom is -0.354 e. The molecule has 1 aromatic heterocycles. The van der Waals surface area contributed by atoms with Gasteiger partial charge in [0.05, 0.1) is 5.56 Å². The van der Waals surface area contributed by atoms with Gasteiger partial charge in [-0.25, -0.2) is 4.98 Å². The molecule has 1 atom stereocenters. The molecule has 2 aliphatic rings. The molecule has 3 rings (SSSR count). The van der Waals surface area contributed by atoms with Crippen LogP contribution in [0.2, 0.25) is 0 Å². The van der Waals surface area contributed by atoms with Crippen LogP contribution in [0.5, 0.6) is 0 Å². The number of piperidine rings is 1. The first-order valence-corrected chi connectivity index (χ1v) is 7.70. The lowest BCUT2D eigenvalue weighted by molar-refractivity contribution is 0.101. The van der Waals surface area contributed by atoms with Crippen molar-refractivity contribution in [3.63, 3.8) is 0 Å². The molecule has 2 saturated heterocycles. The first-order chi connectivity index (χ1) is 9.75. The summed E-state index contributed by atoms with van der Waals surface area (Å²) < 4.78 is 0. The highest BCUT2D eigenvalue weighted by atomic mass is 16.1. The Morgan fingerprint density at radius 2 is 2.05 bits per heavy atom. The molecule has 2 aliphatic heterocycles. The van der Waals surface area contributed by atoms with Crippen LogP contribution in [0.4, 0.5) is 5.82 Å². The van der Waals surface area contributed by atoms with Crippen molar-refractivity contribution in [1.29, 1.82) is 0 Å². The van der Waals surface area contributed by atoms with Gasteiger partial charge in [-0.3, -0.25) is 9.69 Å². The molecule has 0 aliphatic carbocycles. The lowest BCUT2D eigenvalue weighted by Gasteiger charge is -2.32. The van der Waals surface area contributed by atoms with Crippen molar-refractivity contribution in [1.82, 2.24) is 9.88 Å². The van der Waals surface area contributed by atoms with E-state index in [0.29, 0.717) is 6.04 Å². The normalized spacial score (nSPS) is 24.1. The first-order valence-electron chi connectivity index (χ1n) is 7.70. The predicted molar refractivity (Wildman–Crippen MR) is 80.3 cm³/mol. The van der Waals surface area contributed by atoms with Gasteiger partial charge in [-0.1, -0.05) is 6.42 Å². The van der Waals surface area contributed by atoms with Crippen LogP contribution in [-0.2, 0) is 0 Å². The number of carbonyl (C=O) groups is 1. The van der Waals surface area contributed by atoms with E-state index in [9.17, 15) is 4.79 Å². The lowest BCUT2D eigenvalue weighted by Crippen LogP contribution is -2.41. The second kappa shape index (κ2) is 5.92. The Morgan fingerprint density at radius 3 is 2.80 bits per heavy atom. The molecule has 0 radical (unpaired) electrons. The Hall–Kier alpha value is -1.42. The number of aromatic nitrogens is 1. The smallest absolute Gasteiger partial charge is 0.163 e. The minimum atomic E-state index is 0.106. The number of anilines is 1. The van der Waals surface area contributed by atoms with Crippen molar-refractivity contribution in [3.8, 4) is 0 Å². The monoisotopic (exact) mass is 273 g/mol. The van der Waals surface area contributed by atoms with Gasteiger partial charge in [0.15, 0.2) is 5.78 Å². The topological polar surface area (TPSA) is 36.4 Å². The number of rotatable bonds is 3. The van der Waals surface area contributed by atoms with Crippen LogP contribution in [0.3, 0.4) is 0 Å². The third-order valence-electron chi connectivity index (χ3n) is 4.54. The van der Waals surface area contributed by atoms with E-state index in [-0.39, 0.29) is 5.78 Å². The number of likely N-dealkylation sites (tertiary alicyclic amines) is 1. The summed E-state index contributed by atoms with van der Waals surface area (Å²) in [6.45, 7) is 6.12. The van der Waals surface area contributed by atoms with Crippen molar-refractivity contribution in [3.05, 3.63) is 23.9 Å². The van der Waals surface area contributed by atoms with Gasteiger partial charge < -0.3 is 4.90 Å². The molecule has 4 heteroatoms. The average molecular weight is 273 g/mol. The molecule has 0 N–H and O–H groups in total. The highest BCUT2D eigenvalue weighted by Gasteiger charge is 2.30. The molecule has 0 aromatic carbocycles. The highest BCUT2D eigenvalue weighted by Crippen LogP contribution is 2.26. The van der Waals surface area contributed by atoms with Crippen LogP contribution >= 0.6 is 0 Å². The van der Waals surface area contributed by atoms with Gasteiger partial charge >= 0.3 is 0 Å². The maximum absolute atomic E-state index is 11.7. The molecule has 0 amide bonds. The van der Waals surface area contributed by atoms with Crippen molar-refractivity contribution in [2.75, 3.05) is 31.1 Å². The molecule has 0 spiro atoms. The van der Waals surface area contributed by atoms with E-state index in [2.05, 4.69) is 14.8 Å². The SMILES string of the molecule is CC(=O)c1cccnc1N1CCC(N2CCCCC2)C1. The third kappa shape index (κ3) is 2.70. The fraction of sp³-hybridized carbons (Fsp3) is 0.625. The Balaban J connectivity index is 1.72. The van der Waals surface area contributed by atoms with Gasteiger partial charge in [0.1, 0.15) is 5.82 Å². The van der Waals surface area contributed by atoms with Crippen LogP contribution in [0.25, 0.3) is 0 Å². The standard InChI is InChI=1S/C16H23N3O/c1-13(20)15-6-5-8-17-16(15)19-11-7-14(12-19)18-9-3-2-4-10-18/h5-6,8,14H,2-4,7,9-12H2,1H3. The zero-order valence-electron chi connectivity index (χ0n) is 12.2. The molecule has 3 heterocycles. The van der Waals surface area contributed by atoms with Crippen molar-refractivity contribution < 1.29 is 4.79 Å². The van der Waals surface area contributed by atoms with E-state index < -0.39 is 0 Å². The van der Waals surface area contributed by atoms with E-state index in [0.717, 1.165) is 24.5 Å². The maximum Gasteiger partial charge on any atom is 0.163 e. The molecule has 2 fully saturated rings. The van der Waals surface area contributed by atoms with Gasteiger partial charge in [0.2, 0.25) is 0 Å². The molecule has 0 saturated carbocycles. The van der Waals surface area contributed by atoms with Crippen LogP contribution in [0.15, 0.2) is 18.3 Å². The number of carbonyl (C=O) groups excluding carboxylic acids is 1. The number of Topliss-reactive ketones (excluding diaryl/α,β-unsaturated/α-hetero) is 1. The van der Waals surface area contributed by atoms with E-state index in [1.54, 1.807) is 13.1 Å². The van der Waals surface area contributed by atoms with E-state index >= 15 is 0 Å². The number of ketones is 1.